The quantitative estimate of drug-likeness (QED) is 0.574. The maximum atomic E-state index is 14.0. The smallest absolute Gasteiger partial charge is 0.261 e. The molecule has 0 aliphatic heterocycles. The molecule has 0 saturated heterocycles. The lowest BCUT2D eigenvalue weighted by Crippen LogP contribution is -2.25. The number of benzene rings is 1. The first-order valence-electron chi connectivity index (χ1n) is 8.29. The molecule has 0 saturated carbocycles. The Bertz CT molecular complexity index is 1100. The van der Waals surface area contributed by atoms with Crippen molar-refractivity contribution in [3.05, 3.63) is 58.1 Å². The average Bonchev–Trinajstić information content (AvgIpc) is 3.20. The maximum absolute atomic E-state index is 14.0. The summed E-state index contributed by atoms with van der Waals surface area (Å²) in [7, 11) is 0. The third-order valence-electron chi connectivity index (χ3n) is 4.48. The van der Waals surface area contributed by atoms with E-state index in [0.717, 1.165) is 32.6 Å². The van der Waals surface area contributed by atoms with E-state index in [1.807, 2.05) is 13.8 Å². The topological polar surface area (TPSA) is 70.7 Å². The number of thiophene rings is 1. The predicted octanol–water partition coefficient (Wildman–Crippen LogP) is 3.90. The molecule has 0 unspecified atom stereocenters. The lowest BCUT2D eigenvalue weighted by atomic mass is 10.0. The molecule has 0 radical (unpaired) electrons. The van der Waals surface area contributed by atoms with Crippen LogP contribution in [0.3, 0.4) is 0 Å². The van der Waals surface area contributed by atoms with Gasteiger partial charge < -0.3 is 10.3 Å². The number of rotatable bonds is 4. The van der Waals surface area contributed by atoms with Gasteiger partial charge in [-0.1, -0.05) is 6.07 Å². The molecule has 2 N–H and O–H groups in total. The van der Waals surface area contributed by atoms with Crippen LogP contribution in [0.2, 0.25) is 0 Å². The monoisotopic (exact) mass is 368 g/mol. The first-order valence-corrected chi connectivity index (χ1v) is 9.11. The van der Waals surface area contributed by atoms with Gasteiger partial charge in [0.05, 0.1) is 10.4 Å². The van der Waals surface area contributed by atoms with Gasteiger partial charge in [0.1, 0.15) is 16.2 Å². The second kappa shape index (κ2) is 6.49. The summed E-state index contributed by atoms with van der Waals surface area (Å²) < 4.78 is 14.0. The van der Waals surface area contributed by atoms with E-state index in [-0.39, 0.29) is 11.7 Å². The first kappa shape index (κ1) is 16.7. The third kappa shape index (κ3) is 2.84. The van der Waals surface area contributed by atoms with E-state index in [2.05, 4.69) is 20.3 Å². The number of halogens is 1. The Kier molecular flexibility index (Phi) is 4.16. The fraction of sp³-hybridized carbons (Fsp3) is 0.211. The molecule has 0 atom stereocenters. The van der Waals surface area contributed by atoms with Crippen molar-refractivity contribution in [3.63, 3.8) is 0 Å². The van der Waals surface area contributed by atoms with Crippen LogP contribution in [0.1, 0.15) is 26.5 Å². The highest BCUT2D eigenvalue weighted by Gasteiger charge is 2.15. The fourth-order valence-electron chi connectivity index (χ4n) is 3.23. The van der Waals surface area contributed by atoms with Gasteiger partial charge in [-0.3, -0.25) is 9.78 Å². The number of hydrogen-bond acceptors (Lipinski definition) is 4. The highest BCUT2D eigenvalue weighted by molar-refractivity contribution is 7.20. The number of nitrogens with zero attached hydrogens (tertiary/aromatic N) is 2. The molecule has 0 spiro atoms. The van der Waals surface area contributed by atoms with Gasteiger partial charge in [0.15, 0.2) is 0 Å². The predicted molar refractivity (Wildman–Crippen MR) is 101 cm³/mol. The van der Waals surface area contributed by atoms with Crippen LogP contribution in [0, 0.1) is 19.7 Å². The zero-order valence-electron chi connectivity index (χ0n) is 14.4. The number of carbonyl (C=O) groups is 1. The van der Waals surface area contributed by atoms with Crippen molar-refractivity contribution in [2.45, 2.75) is 20.3 Å². The van der Waals surface area contributed by atoms with Crippen molar-refractivity contribution in [1.82, 2.24) is 20.3 Å². The molecule has 26 heavy (non-hydrogen) atoms. The Morgan fingerprint density at radius 1 is 1.27 bits per heavy atom. The van der Waals surface area contributed by atoms with Crippen molar-refractivity contribution < 1.29 is 9.18 Å². The highest BCUT2D eigenvalue weighted by Crippen LogP contribution is 2.28. The molecule has 4 rings (SSSR count). The number of fused-ring (bicyclic) bond motifs is 2. The molecule has 0 bridgehead atoms. The van der Waals surface area contributed by atoms with Gasteiger partial charge in [-0.15, -0.1) is 11.3 Å². The zero-order chi connectivity index (χ0) is 18.3. The molecule has 0 aliphatic carbocycles. The van der Waals surface area contributed by atoms with E-state index in [9.17, 15) is 9.18 Å². The molecule has 4 aromatic rings. The summed E-state index contributed by atoms with van der Waals surface area (Å²) in [5.74, 6) is -0.399. The van der Waals surface area contributed by atoms with E-state index in [4.69, 9.17) is 0 Å². The second-order valence-corrected chi connectivity index (χ2v) is 7.24. The van der Waals surface area contributed by atoms with Crippen molar-refractivity contribution in [2.24, 2.45) is 0 Å². The highest BCUT2D eigenvalue weighted by atomic mass is 32.1. The first-order chi connectivity index (χ1) is 12.5. The number of H-pyrrole nitrogens is 1. The number of aryl methyl sites for hydroxylation is 2. The summed E-state index contributed by atoms with van der Waals surface area (Å²) in [6.45, 7) is 4.37. The number of carbonyl (C=O) groups excluding carboxylic acids is 1. The van der Waals surface area contributed by atoms with E-state index in [0.29, 0.717) is 23.4 Å². The Balaban J connectivity index is 1.51. The number of aromatic amines is 1. The van der Waals surface area contributed by atoms with Gasteiger partial charge in [0.25, 0.3) is 5.91 Å². The summed E-state index contributed by atoms with van der Waals surface area (Å²) in [5.41, 5.74) is 4.25. The molecule has 7 heteroatoms. The molecule has 132 valence electrons. The number of hydrogen-bond donors (Lipinski definition) is 2. The largest absolute Gasteiger partial charge is 0.356 e. The van der Waals surface area contributed by atoms with Crippen LogP contribution in [-0.2, 0) is 6.42 Å². The minimum atomic E-state index is -0.255. The van der Waals surface area contributed by atoms with E-state index in [1.165, 1.54) is 17.4 Å². The van der Waals surface area contributed by atoms with Crippen molar-refractivity contribution in [1.29, 1.82) is 0 Å². The minimum Gasteiger partial charge on any atom is -0.356 e. The van der Waals surface area contributed by atoms with Crippen LogP contribution in [0.4, 0.5) is 4.39 Å². The molecule has 1 aromatic carbocycles. The van der Waals surface area contributed by atoms with Gasteiger partial charge in [0, 0.05) is 30.0 Å². The van der Waals surface area contributed by atoms with Crippen molar-refractivity contribution in [3.8, 4) is 0 Å². The molecular formula is C19H17FN4OS. The normalized spacial score (nSPS) is 11.3. The molecule has 0 aliphatic rings. The second-order valence-electron chi connectivity index (χ2n) is 6.21. The Morgan fingerprint density at radius 3 is 2.88 bits per heavy atom. The van der Waals surface area contributed by atoms with Crippen LogP contribution >= 0.6 is 11.3 Å². The summed E-state index contributed by atoms with van der Waals surface area (Å²) in [5, 5.41) is 3.84. The van der Waals surface area contributed by atoms with Crippen LogP contribution in [0.15, 0.2) is 30.6 Å². The lowest BCUT2D eigenvalue weighted by Gasteiger charge is -2.06. The average molecular weight is 368 g/mol. The zero-order valence-corrected chi connectivity index (χ0v) is 15.2. The molecule has 3 heterocycles. The standard InChI is InChI=1S/C19H17FN4OS/c1-10-3-4-13(20)17-16(10)12(11(2)24-17)5-6-22-18(25)15-9-14-19(26-15)23-8-7-21-14/h3-4,7-9,24H,5-6H2,1-2H3,(H,22,25). The molecule has 5 nitrogen and oxygen atoms in total. The van der Waals surface area contributed by atoms with Crippen molar-refractivity contribution in [2.75, 3.05) is 6.54 Å². The minimum absolute atomic E-state index is 0.143. The van der Waals surface area contributed by atoms with Gasteiger partial charge >= 0.3 is 0 Å². The number of nitrogens with one attached hydrogen (secondary N) is 2. The third-order valence-corrected chi connectivity index (χ3v) is 5.51. The number of amides is 1. The maximum Gasteiger partial charge on any atom is 0.261 e. The van der Waals surface area contributed by atoms with Gasteiger partial charge in [-0.05, 0) is 43.5 Å². The Morgan fingerprint density at radius 2 is 2.08 bits per heavy atom. The molecule has 1 amide bonds. The van der Waals surface area contributed by atoms with Crippen LogP contribution in [0.5, 0.6) is 0 Å². The van der Waals surface area contributed by atoms with E-state index >= 15 is 0 Å². The van der Waals surface area contributed by atoms with Gasteiger partial charge in [-0.25, -0.2) is 9.37 Å². The van der Waals surface area contributed by atoms with Crippen molar-refractivity contribution >= 4 is 38.5 Å². The van der Waals surface area contributed by atoms with Crippen LogP contribution in [-0.4, -0.2) is 27.4 Å². The number of aromatic nitrogens is 3. The molecular weight excluding hydrogens is 351 g/mol. The van der Waals surface area contributed by atoms with E-state index < -0.39 is 0 Å². The summed E-state index contributed by atoms with van der Waals surface area (Å²) in [6.07, 6.45) is 3.85. The SMILES string of the molecule is Cc1[nH]c2c(F)ccc(C)c2c1CCNC(=O)c1cc2nccnc2s1. The van der Waals surface area contributed by atoms with Gasteiger partial charge in [0.2, 0.25) is 0 Å². The Hall–Kier alpha value is -2.80. The Labute approximate surface area is 153 Å². The van der Waals surface area contributed by atoms with E-state index in [1.54, 1.807) is 24.5 Å². The molecule has 3 aromatic heterocycles. The van der Waals surface area contributed by atoms with Crippen LogP contribution in [0.25, 0.3) is 21.3 Å². The van der Waals surface area contributed by atoms with Gasteiger partial charge in [-0.2, -0.15) is 0 Å². The summed E-state index contributed by atoms with van der Waals surface area (Å²) >= 11 is 1.32. The molecule has 0 fully saturated rings. The van der Waals surface area contributed by atoms with Crippen LogP contribution < -0.4 is 5.32 Å². The lowest BCUT2D eigenvalue weighted by molar-refractivity contribution is 0.0958. The fourth-order valence-corrected chi connectivity index (χ4v) is 4.10. The summed E-state index contributed by atoms with van der Waals surface area (Å²) in [6, 6.07) is 5.01. The summed E-state index contributed by atoms with van der Waals surface area (Å²) in [4.78, 5) is 25.2.